The summed E-state index contributed by atoms with van der Waals surface area (Å²) in [5.74, 6) is 1.05. The quantitative estimate of drug-likeness (QED) is 0.700. The van der Waals surface area contributed by atoms with Gasteiger partial charge in [-0.25, -0.2) is 0 Å². The third kappa shape index (κ3) is 3.82. The molecule has 120 valence electrons. The van der Waals surface area contributed by atoms with E-state index in [9.17, 15) is 4.79 Å². The van der Waals surface area contributed by atoms with E-state index in [-0.39, 0.29) is 11.8 Å². The summed E-state index contributed by atoms with van der Waals surface area (Å²) in [6, 6.07) is 26.7. The molecule has 0 saturated carbocycles. The molecule has 3 aromatic rings. The molecule has 3 rings (SSSR count). The molecule has 3 heteroatoms. The highest BCUT2D eigenvalue weighted by Gasteiger charge is 2.16. The number of hydrogen-bond acceptors (Lipinski definition) is 2. The molecule has 1 N–H and O–H groups in total. The molecule has 1 atom stereocenters. The van der Waals surface area contributed by atoms with Gasteiger partial charge >= 0.3 is 0 Å². The van der Waals surface area contributed by atoms with Gasteiger partial charge in [-0.3, -0.25) is 4.79 Å². The highest BCUT2D eigenvalue weighted by atomic mass is 16.5. The van der Waals surface area contributed by atoms with Crippen molar-refractivity contribution in [3.05, 3.63) is 90.5 Å². The predicted molar refractivity (Wildman–Crippen MR) is 96.4 cm³/mol. The Morgan fingerprint density at radius 2 is 1.42 bits per heavy atom. The fourth-order valence-electron chi connectivity index (χ4n) is 2.41. The zero-order chi connectivity index (χ0) is 16.8. The van der Waals surface area contributed by atoms with E-state index >= 15 is 0 Å². The Hall–Kier alpha value is -3.07. The van der Waals surface area contributed by atoms with Gasteiger partial charge in [0.1, 0.15) is 5.75 Å². The Balaban J connectivity index is 1.77. The Morgan fingerprint density at radius 3 is 2.12 bits per heavy atom. The highest BCUT2D eigenvalue weighted by Crippen LogP contribution is 2.30. The number of nitrogens with one attached hydrogen (secondary N) is 1. The van der Waals surface area contributed by atoms with E-state index in [2.05, 4.69) is 5.32 Å². The van der Waals surface area contributed by atoms with Crippen LogP contribution in [0.3, 0.4) is 0 Å². The number of carbonyl (C=O) groups is 1. The van der Waals surface area contributed by atoms with E-state index in [0.717, 1.165) is 11.3 Å². The molecule has 0 saturated heterocycles. The molecule has 0 aliphatic carbocycles. The smallest absolute Gasteiger partial charge is 0.231 e. The van der Waals surface area contributed by atoms with Crippen molar-refractivity contribution in [3.8, 4) is 11.5 Å². The summed E-state index contributed by atoms with van der Waals surface area (Å²) < 4.78 is 5.88. The number of rotatable bonds is 5. The van der Waals surface area contributed by atoms with Crippen LogP contribution in [-0.2, 0) is 4.79 Å². The summed E-state index contributed by atoms with van der Waals surface area (Å²) in [6.45, 7) is 1.89. The van der Waals surface area contributed by atoms with Gasteiger partial charge in [-0.05, 0) is 36.8 Å². The Kier molecular flexibility index (Phi) is 4.92. The second-order valence-electron chi connectivity index (χ2n) is 5.53. The van der Waals surface area contributed by atoms with Crippen molar-refractivity contribution in [1.29, 1.82) is 0 Å². The molecule has 0 bridgehead atoms. The predicted octanol–water partition coefficient (Wildman–Crippen LogP) is 5.22. The summed E-state index contributed by atoms with van der Waals surface area (Å²) >= 11 is 0. The molecule has 0 aliphatic heterocycles. The van der Waals surface area contributed by atoms with Gasteiger partial charge in [0.15, 0.2) is 5.75 Å². The zero-order valence-corrected chi connectivity index (χ0v) is 13.5. The summed E-state index contributed by atoms with van der Waals surface area (Å²) in [5, 5.41) is 2.97. The molecule has 3 aromatic carbocycles. The fourth-order valence-corrected chi connectivity index (χ4v) is 2.41. The van der Waals surface area contributed by atoms with Crippen molar-refractivity contribution in [3.63, 3.8) is 0 Å². The average Bonchev–Trinajstić information content (AvgIpc) is 2.64. The lowest BCUT2D eigenvalue weighted by atomic mass is 10.0. The average molecular weight is 317 g/mol. The van der Waals surface area contributed by atoms with Crippen LogP contribution in [-0.4, -0.2) is 5.91 Å². The van der Waals surface area contributed by atoms with Crippen LogP contribution in [0, 0.1) is 0 Å². The van der Waals surface area contributed by atoms with Gasteiger partial charge in [-0.1, -0.05) is 60.7 Å². The van der Waals surface area contributed by atoms with Gasteiger partial charge in [0.05, 0.1) is 11.6 Å². The molecule has 24 heavy (non-hydrogen) atoms. The van der Waals surface area contributed by atoms with Gasteiger partial charge in [-0.2, -0.15) is 0 Å². The molecular formula is C21H19NO2. The van der Waals surface area contributed by atoms with Crippen molar-refractivity contribution in [2.75, 3.05) is 5.32 Å². The van der Waals surface area contributed by atoms with Gasteiger partial charge in [0, 0.05) is 0 Å². The molecule has 0 spiro atoms. The molecule has 0 radical (unpaired) electrons. The van der Waals surface area contributed by atoms with E-state index in [1.54, 1.807) is 0 Å². The van der Waals surface area contributed by atoms with Crippen LogP contribution in [0.25, 0.3) is 0 Å². The molecule has 0 aliphatic rings. The molecule has 0 heterocycles. The minimum atomic E-state index is -0.240. The van der Waals surface area contributed by atoms with Crippen LogP contribution < -0.4 is 10.1 Å². The maximum atomic E-state index is 12.6. The second-order valence-corrected chi connectivity index (χ2v) is 5.53. The van der Waals surface area contributed by atoms with Crippen LogP contribution in [0.1, 0.15) is 18.4 Å². The Morgan fingerprint density at radius 1 is 0.833 bits per heavy atom. The topological polar surface area (TPSA) is 38.3 Å². The number of amides is 1. The number of para-hydroxylation sites is 3. The zero-order valence-electron chi connectivity index (χ0n) is 13.5. The van der Waals surface area contributed by atoms with E-state index < -0.39 is 0 Å². The molecule has 0 fully saturated rings. The lowest BCUT2D eigenvalue weighted by Crippen LogP contribution is -2.19. The van der Waals surface area contributed by atoms with Crippen LogP contribution in [0.4, 0.5) is 5.69 Å². The van der Waals surface area contributed by atoms with Crippen molar-refractivity contribution in [1.82, 2.24) is 0 Å². The minimum absolute atomic E-state index is 0.0645. The number of ether oxygens (including phenoxy) is 1. The molecule has 3 nitrogen and oxygen atoms in total. The van der Waals surface area contributed by atoms with Crippen molar-refractivity contribution in [2.24, 2.45) is 0 Å². The van der Waals surface area contributed by atoms with E-state index in [4.69, 9.17) is 4.74 Å². The van der Waals surface area contributed by atoms with Gasteiger partial charge < -0.3 is 10.1 Å². The number of benzene rings is 3. The van der Waals surface area contributed by atoms with Crippen LogP contribution in [0.15, 0.2) is 84.9 Å². The van der Waals surface area contributed by atoms with Crippen LogP contribution in [0.2, 0.25) is 0 Å². The largest absolute Gasteiger partial charge is 0.455 e. The van der Waals surface area contributed by atoms with E-state index in [1.807, 2.05) is 91.9 Å². The van der Waals surface area contributed by atoms with Crippen molar-refractivity contribution >= 4 is 11.6 Å². The Bertz CT molecular complexity index is 800. The van der Waals surface area contributed by atoms with Gasteiger partial charge in [-0.15, -0.1) is 0 Å². The standard InChI is InChI=1S/C21H19NO2/c1-16(17-10-4-2-5-11-17)21(23)22-19-14-8-9-15-20(19)24-18-12-6-3-7-13-18/h2-16H,1H3,(H,22,23)/t16-/m0/s1. The lowest BCUT2D eigenvalue weighted by Gasteiger charge is -2.15. The van der Waals surface area contributed by atoms with Crippen LogP contribution in [0.5, 0.6) is 11.5 Å². The third-order valence-corrected chi connectivity index (χ3v) is 3.81. The number of anilines is 1. The normalized spacial score (nSPS) is 11.5. The van der Waals surface area contributed by atoms with Crippen molar-refractivity contribution < 1.29 is 9.53 Å². The molecule has 0 aromatic heterocycles. The minimum Gasteiger partial charge on any atom is -0.455 e. The summed E-state index contributed by atoms with van der Waals surface area (Å²) in [6.07, 6.45) is 0. The van der Waals surface area contributed by atoms with E-state index in [0.29, 0.717) is 11.4 Å². The van der Waals surface area contributed by atoms with E-state index in [1.165, 1.54) is 0 Å². The number of carbonyl (C=O) groups excluding carboxylic acids is 1. The Labute approximate surface area is 141 Å². The van der Waals surface area contributed by atoms with Crippen molar-refractivity contribution in [2.45, 2.75) is 12.8 Å². The fraction of sp³-hybridized carbons (Fsp3) is 0.0952. The first kappa shape index (κ1) is 15.8. The summed E-state index contributed by atoms with van der Waals surface area (Å²) in [7, 11) is 0. The van der Waals surface area contributed by atoms with Gasteiger partial charge in [0.25, 0.3) is 0 Å². The number of hydrogen-bond donors (Lipinski definition) is 1. The maximum Gasteiger partial charge on any atom is 0.231 e. The van der Waals surface area contributed by atoms with Gasteiger partial charge in [0.2, 0.25) is 5.91 Å². The third-order valence-electron chi connectivity index (χ3n) is 3.81. The SMILES string of the molecule is C[C@H](C(=O)Nc1ccccc1Oc1ccccc1)c1ccccc1. The first-order valence-electron chi connectivity index (χ1n) is 7.92. The summed E-state index contributed by atoms with van der Waals surface area (Å²) in [4.78, 5) is 12.6. The molecular weight excluding hydrogens is 298 g/mol. The lowest BCUT2D eigenvalue weighted by molar-refractivity contribution is -0.117. The molecule has 1 amide bonds. The highest BCUT2D eigenvalue weighted by molar-refractivity contribution is 5.96. The first-order valence-corrected chi connectivity index (χ1v) is 7.92. The molecule has 0 unspecified atom stereocenters. The first-order chi connectivity index (χ1) is 11.7. The monoisotopic (exact) mass is 317 g/mol. The van der Waals surface area contributed by atoms with Crippen LogP contribution >= 0.6 is 0 Å². The second kappa shape index (κ2) is 7.47. The summed E-state index contributed by atoms with van der Waals surface area (Å²) in [5.41, 5.74) is 1.64. The maximum absolute atomic E-state index is 12.6.